The van der Waals surface area contributed by atoms with Gasteiger partial charge in [0, 0.05) is 23.5 Å². The van der Waals surface area contributed by atoms with Crippen molar-refractivity contribution in [1.29, 1.82) is 0 Å². The third kappa shape index (κ3) is 4.90. The number of aryl methyl sites for hydroxylation is 1. The number of aromatic nitrogens is 4. The van der Waals surface area contributed by atoms with E-state index in [4.69, 9.17) is 5.73 Å². The molecule has 0 radical (unpaired) electrons. The van der Waals surface area contributed by atoms with Gasteiger partial charge >= 0.3 is 6.36 Å². The second kappa shape index (κ2) is 8.61. The van der Waals surface area contributed by atoms with Crippen LogP contribution in [0.4, 0.5) is 23.5 Å². The molecule has 1 aromatic carbocycles. The number of halogens is 4. The van der Waals surface area contributed by atoms with Crippen molar-refractivity contribution in [2.45, 2.75) is 26.3 Å². The predicted molar refractivity (Wildman–Crippen MR) is 114 cm³/mol. The minimum atomic E-state index is -4.92. The second-order valence-electron chi connectivity index (χ2n) is 7.47. The molecule has 176 valence electrons. The Labute approximate surface area is 190 Å². The van der Waals surface area contributed by atoms with Crippen molar-refractivity contribution in [1.82, 2.24) is 24.9 Å². The molecular weight excluding hydrogens is 456 g/mol. The van der Waals surface area contributed by atoms with Crippen molar-refractivity contribution in [3.63, 3.8) is 0 Å². The fraction of sp³-hybridized carbons (Fsp3) is 0.182. The van der Waals surface area contributed by atoms with Crippen molar-refractivity contribution in [3.05, 3.63) is 71.4 Å². The van der Waals surface area contributed by atoms with Gasteiger partial charge in [0.1, 0.15) is 11.6 Å². The van der Waals surface area contributed by atoms with Crippen molar-refractivity contribution in [2.24, 2.45) is 0 Å². The van der Waals surface area contributed by atoms with Crippen LogP contribution in [-0.2, 0) is 0 Å². The Hall–Kier alpha value is -4.22. The van der Waals surface area contributed by atoms with Crippen LogP contribution < -0.4 is 15.8 Å². The number of fused-ring (bicyclic) bond motifs is 1. The Morgan fingerprint density at radius 2 is 1.94 bits per heavy atom. The zero-order valence-corrected chi connectivity index (χ0v) is 17.9. The van der Waals surface area contributed by atoms with Gasteiger partial charge in [0.15, 0.2) is 5.65 Å². The van der Waals surface area contributed by atoms with Crippen LogP contribution >= 0.6 is 0 Å². The van der Waals surface area contributed by atoms with E-state index in [9.17, 15) is 22.4 Å². The van der Waals surface area contributed by atoms with Crippen molar-refractivity contribution < 1.29 is 27.1 Å². The molecule has 1 unspecified atom stereocenters. The van der Waals surface area contributed by atoms with E-state index in [0.717, 1.165) is 18.2 Å². The SMILES string of the molecule is Cc1ncc(-c2ccn3nc(N)nc3c2)cc1C(=O)NC(C)c1cc(OC(F)(F)F)ccc1F. The predicted octanol–water partition coefficient (Wildman–Crippen LogP) is 4.21. The molecule has 4 aromatic rings. The number of carbonyl (C=O) groups excluding carboxylic acids is 1. The lowest BCUT2D eigenvalue weighted by molar-refractivity contribution is -0.274. The average molecular weight is 474 g/mol. The Balaban J connectivity index is 1.59. The van der Waals surface area contributed by atoms with Crippen LogP contribution in [0.15, 0.2) is 48.8 Å². The van der Waals surface area contributed by atoms with Gasteiger partial charge in [0.2, 0.25) is 5.95 Å². The van der Waals surface area contributed by atoms with E-state index in [1.807, 2.05) is 0 Å². The van der Waals surface area contributed by atoms with Gasteiger partial charge in [0.25, 0.3) is 5.91 Å². The highest BCUT2D eigenvalue weighted by molar-refractivity contribution is 5.96. The minimum Gasteiger partial charge on any atom is -0.406 e. The van der Waals surface area contributed by atoms with Crippen LogP contribution in [0, 0.1) is 12.7 Å². The number of nitrogens with two attached hydrogens (primary N) is 1. The monoisotopic (exact) mass is 474 g/mol. The number of anilines is 1. The molecule has 0 bridgehead atoms. The number of rotatable bonds is 5. The number of nitrogens with one attached hydrogen (secondary N) is 1. The van der Waals surface area contributed by atoms with Gasteiger partial charge in [-0.2, -0.15) is 4.98 Å². The largest absolute Gasteiger partial charge is 0.573 e. The number of ether oxygens (including phenoxy) is 1. The molecule has 3 aromatic heterocycles. The molecule has 8 nitrogen and oxygen atoms in total. The van der Waals surface area contributed by atoms with Crippen LogP contribution in [0.1, 0.15) is 34.6 Å². The van der Waals surface area contributed by atoms with Gasteiger partial charge in [-0.25, -0.2) is 8.91 Å². The molecule has 0 spiro atoms. The molecule has 0 aliphatic rings. The average Bonchev–Trinajstić information content (AvgIpc) is 3.13. The van der Waals surface area contributed by atoms with Crippen LogP contribution in [0.2, 0.25) is 0 Å². The normalized spacial score (nSPS) is 12.5. The Morgan fingerprint density at radius 3 is 2.68 bits per heavy atom. The van der Waals surface area contributed by atoms with E-state index in [2.05, 4.69) is 25.1 Å². The second-order valence-corrected chi connectivity index (χ2v) is 7.47. The van der Waals surface area contributed by atoms with Crippen LogP contribution in [0.3, 0.4) is 0 Å². The van der Waals surface area contributed by atoms with Gasteiger partial charge in [-0.1, -0.05) is 0 Å². The fourth-order valence-electron chi connectivity index (χ4n) is 3.40. The zero-order valence-electron chi connectivity index (χ0n) is 17.9. The van der Waals surface area contributed by atoms with E-state index >= 15 is 0 Å². The molecule has 0 aliphatic carbocycles. The molecule has 3 heterocycles. The van der Waals surface area contributed by atoms with Crippen LogP contribution in [-0.4, -0.2) is 31.9 Å². The maximum atomic E-state index is 14.3. The van der Waals surface area contributed by atoms with Crippen molar-refractivity contribution in [3.8, 4) is 16.9 Å². The maximum Gasteiger partial charge on any atom is 0.573 e. The molecule has 0 saturated carbocycles. The van der Waals surface area contributed by atoms with Crippen molar-refractivity contribution >= 4 is 17.5 Å². The minimum absolute atomic E-state index is 0.116. The number of nitrogens with zero attached hydrogens (tertiary/aromatic N) is 4. The number of carbonyl (C=O) groups is 1. The quantitative estimate of drug-likeness (QED) is 0.420. The molecule has 1 amide bonds. The zero-order chi connectivity index (χ0) is 24.6. The highest BCUT2D eigenvalue weighted by Crippen LogP contribution is 2.28. The summed E-state index contributed by atoms with van der Waals surface area (Å²) < 4.78 is 57.1. The van der Waals surface area contributed by atoms with Crippen molar-refractivity contribution in [2.75, 3.05) is 5.73 Å². The molecule has 3 N–H and O–H groups in total. The lowest BCUT2D eigenvalue weighted by atomic mass is 10.0. The van der Waals surface area contributed by atoms with E-state index in [1.54, 1.807) is 37.5 Å². The van der Waals surface area contributed by atoms with Gasteiger partial charge in [-0.15, -0.1) is 18.3 Å². The Bertz CT molecular complexity index is 1390. The van der Waals surface area contributed by atoms with Gasteiger partial charge in [-0.05, 0) is 55.8 Å². The number of alkyl halides is 3. The van der Waals surface area contributed by atoms with E-state index in [1.165, 1.54) is 11.4 Å². The molecule has 34 heavy (non-hydrogen) atoms. The van der Waals surface area contributed by atoms with Gasteiger partial charge < -0.3 is 15.8 Å². The third-order valence-electron chi connectivity index (χ3n) is 5.03. The number of pyridine rings is 2. The van der Waals surface area contributed by atoms with Crippen LogP contribution in [0.5, 0.6) is 5.75 Å². The molecule has 1 atom stereocenters. The summed E-state index contributed by atoms with van der Waals surface area (Å²) in [6.07, 6.45) is -1.68. The lowest BCUT2D eigenvalue weighted by Crippen LogP contribution is -2.28. The highest BCUT2D eigenvalue weighted by Gasteiger charge is 2.31. The Morgan fingerprint density at radius 1 is 1.18 bits per heavy atom. The topological polar surface area (TPSA) is 107 Å². The summed E-state index contributed by atoms with van der Waals surface area (Å²) in [5.41, 5.74) is 7.90. The van der Waals surface area contributed by atoms with E-state index < -0.39 is 29.9 Å². The number of hydrogen-bond acceptors (Lipinski definition) is 6. The smallest absolute Gasteiger partial charge is 0.406 e. The first-order valence-electron chi connectivity index (χ1n) is 9.95. The highest BCUT2D eigenvalue weighted by atomic mass is 19.4. The first-order chi connectivity index (χ1) is 16.0. The number of hydrogen-bond donors (Lipinski definition) is 2. The standard InChI is InChI=1S/C22H18F4N6O2/c1-11-17(7-14(10-28-11)13-5-6-32-19(8-13)30-21(27)31-32)20(33)29-12(2)16-9-15(3-4-18(16)23)34-22(24,25)26/h3-10,12H,1-2H3,(H2,27,31)(H,29,33). The summed E-state index contributed by atoms with van der Waals surface area (Å²) >= 11 is 0. The van der Waals surface area contributed by atoms with Crippen LogP contribution in [0.25, 0.3) is 16.8 Å². The molecule has 0 saturated heterocycles. The summed E-state index contributed by atoms with van der Waals surface area (Å²) in [6, 6.07) is 6.73. The van der Waals surface area contributed by atoms with E-state index in [-0.39, 0.29) is 17.1 Å². The number of amides is 1. The lowest BCUT2D eigenvalue weighted by Gasteiger charge is -2.18. The molecule has 12 heteroatoms. The summed E-state index contributed by atoms with van der Waals surface area (Å²) in [6.45, 7) is 3.08. The fourth-order valence-corrected chi connectivity index (χ4v) is 3.40. The van der Waals surface area contributed by atoms with Gasteiger partial charge in [0.05, 0.1) is 17.3 Å². The van der Waals surface area contributed by atoms with Gasteiger partial charge in [-0.3, -0.25) is 9.78 Å². The molecule has 0 fully saturated rings. The number of nitrogen functional groups attached to an aromatic ring is 1. The number of benzene rings is 1. The third-order valence-corrected chi connectivity index (χ3v) is 5.03. The first-order valence-corrected chi connectivity index (χ1v) is 9.95. The summed E-state index contributed by atoms with van der Waals surface area (Å²) in [7, 11) is 0. The first kappa shape index (κ1) is 23.0. The molecule has 0 aliphatic heterocycles. The molecule has 4 rings (SSSR count). The summed E-state index contributed by atoms with van der Waals surface area (Å²) in [5, 5.41) is 6.60. The maximum absolute atomic E-state index is 14.3. The molecular formula is C22H18F4N6O2. The summed E-state index contributed by atoms with van der Waals surface area (Å²) in [5.74, 6) is -1.83. The summed E-state index contributed by atoms with van der Waals surface area (Å²) in [4.78, 5) is 21.3. The van der Waals surface area contributed by atoms with E-state index in [0.29, 0.717) is 22.5 Å². The Kier molecular flexibility index (Phi) is 5.82.